The second-order valence-corrected chi connectivity index (χ2v) is 5.84. The van der Waals surface area contributed by atoms with E-state index in [2.05, 4.69) is 27.5 Å². The summed E-state index contributed by atoms with van der Waals surface area (Å²) in [4.78, 5) is 16.9. The van der Waals surface area contributed by atoms with Gasteiger partial charge in [0.2, 0.25) is 0 Å². The first-order valence-corrected chi connectivity index (χ1v) is 7.47. The van der Waals surface area contributed by atoms with Crippen molar-refractivity contribution in [1.82, 2.24) is 25.3 Å². The van der Waals surface area contributed by atoms with Crippen molar-refractivity contribution >= 4 is 5.91 Å². The zero-order chi connectivity index (χ0) is 13.9. The lowest BCUT2D eigenvalue weighted by molar-refractivity contribution is 0.0662. The highest BCUT2D eigenvalue weighted by molar-refractivity contribution is 5.95. The Morgan fingerprint density at radius 1 is 1.35 bits per heavy atom. The number of hydrogen-bond donors (Lipinski definition) is 2. The van der Waals surface area contributed by atoms with Crippen molar-refractivity contribution in [1.29, 1.82) is 0 Å². The van der Waals surface area contributed by atoms with Crippen molar-refractivity contribution < 1.29 is 4.79 Å². The largest absolute Gasteiger partial charge is 0.336 e. The number of amides is 1. The van der Waals surface area contributed by atoms with E-state index in [9.17, 15) is 4.79 Å². The van der Waals surface area contributed by atoms with Crippen molar-refractivity contribution in [2.45, 2.75) is 18.8 Å². The molecule has 2 N–H and O–H groups in total. The maximum atomic E-state index is 12.7. The lowest BCUT2D eigenvalue weighted by Crippen LogP contribution is -2.47. The molecule has 3 rings (SSSR count). The van der Waals surface area contributed by atoms with E-state index in [-0.39, 0.29) is 5.91 Å². The van der Waals surface area contributed by atoms with Gasteiger partial charge in [-0.15, -0.1) is 0 Å². The molecule has 0 bridgehead atoms. The Bertz CT molecular complexity index is 458. The molecule has 1 unspecified atom stereocenters. The highest BCUT2D eigenvalue weighted by atomic mass is 16.2. The van der Waals surface area contributed by atoms with Crippen LogP contribution in [0.3, 0.4) is 0 Å². The molecule has 1 amide bonds. The first-order valence-electron chi connectivity index (χ1n) is 7.47. The third-order valence-electron chi connectivity index (χ3n) is 4.39. The minimum atomic E-state index is 0.132. The van der Waals surface area contributed by atoms with Crippen LogP contribution in [0.2, 0.25) is 0 Å². The molecule has 0 saturated carbocycles. The van der Waals surface area contributed by atoms with Crippen molar-refractivity contribution in [2.24, 2.45) is 0 Å². The number of H-pyrrole nitrogens is 1. The van der Waals surface area contributed by atoms with Crippen LogP contribution in [0.5, 0.6) is 0 Å². The zero-order valence-corrected chi connectivity index (χ0v) is 12.1. The summed E-state index contributed by atoms with van der Waals surface area (Å²) in [5.41, 5.74) is 1.78. The molecule has 0 radical (unpaired) electrons. The van der Waals surface area contributed by atoms with E-state index in [0.717, 1.165) is 63.4 Å². The number of piperidine rings is 1. The second-order valence-electron chi connectivity index (χ2n) is 5.84. The van der Waals surface area contributed by atoms with Crippen LogP contribution in [0.1, 0.15) is 34.8 Å². The van der Waals surface area contributed by atoms with Crippen molar-refractivity contribution in [3.63, 3.8) is 0 Å². The molecule has 20 heavy (non-hydrogen) atoms. The quantitative estimate of drug-likeness (QED) is 0.814. The number of nitrogens with one attached hydrogen (secondary N) is 2. The molecule has 6 heteroatoms. The van der Waals surface area contributed by atoms with Crippen LogP contribution in [0, 0.1) is 0 Å². The number of aromatic nitrogens is 2. The van der Waals surface area contributed by atoms with Gasteiger partial charge in [0, 0.05) is 38.6 Å². The second kappa shape index (κ2) is 5.93. The highest BCUT2D eigenvalue weighted by Gasteiger charge is 2.27. The summed E-state index contributed by atoms with van der Waals surface area (Å²) in [6, 6.07) is 0. The number of piperazine rings is 1. The molecule has 1 aromatic heterocycles. The molecular formula is C14H23N5O. The molecule has 2 saturated heterocycles. The van der Waals surface area contributed by atoms with E-state index in [1.54, 1.807) is 6.20 Å². The summed E-state index contributed by atoms with van der Waals surface area (Å²) < 4.78 is 0. The normalized spacial score (nSPS) is 24.9. The highest BCUT2D eigenvalue weighted by Crippen LogP contribution is 2.25. The summed E-state index contributed by atoms with van der Waals surface area (Å²) in [6.07, 6.45) is 3.98. The summed E-state index contributed by atoms with van der Waals surface area (Å²) >= 11 is 0. The van der Waals surface area contributed by atoms with Gasteiger partial charge in [0.1, 0.15) is 0 Å². The maximum Gasteiger partial charge on any atom is 0.257 e. The Morgan fingerprint density at radius 3 is 2.85 bits per heavy atom. The van der Waals surface area contributed by atoms with E-state index in [0.29, 0.717) is 5.92 Å². The van der Waals surface area contributed by atoms with E-state index >= 15 is 0 Å². The summed E-state index contributed by atoms with van der Waals surface area (Å²) in [5.74, 6) is 0.519. The Balaban J connectivity index is 1.73. The van der Waals surface area contributed by atoms with Gasteiger partial charge in [-0.1, -0.05) is 0 Å². The Kier molecular flexibility index (Phi) is 4.03. The van der Waals surface area contributed by atoms with Crippen LogP contribution >= 0.6 is 0 Å². The lowest BCUT2D eigenvalue weighted by atomic mass is 9.93. The Hall–Kier alpha value is -1.40. The fourth-order valence-electron chi connectivity index (χ4n) is 3.06. The van der Waals surface area contributed by atoms with Gasteiger partial charge in [0.15, 0.2) is 0 Å². The van der Waals surface area contributed by atoms with E-state index in [1.807, 2.05) is 4.90 Å². The minimum absolute atomic E-state index is 0.132. The van der Waals surface area contributed by atoms with Gasteiger partial charge in [0.25, 0.3) is 5.91 Å². The zero-order valence-electron chi connectivity index (χ0n) is 12.1. The van der Waals surface area contributed by atoms with Gasteiger partial charge in [-0.05, 0) is 26.4 Å². The number of carbonyl (C=O) groups excluding carboxylic acids is 1. The molecule has 0 aromatic carbocycles. The number of nitrogens with zero attached hydrogens (tertiary/aromatic N) is 3. The molecule has 3 heterocycles. The molecule has 0 spiro atoms. The summed E-state index contributed by atoms with van der Waals surface area (Å²) in [5, 5.41) is 10.6. The van der Waals surface area contributed by atoms with Crippen LogP contribution in [-0.2, 0) is 0 Å². The molecular weight excluding hydrogens is 254 g/mol. The van der Waals surface area contributed by atoms with E-state index in [1.165, 1.54) is 0 Å². The van der Waals surface area contributed by atoms with Crippen molar-refractivity contribution in [2.75, 3.05) is 46.3 Å². The lowest BCUT2D eigenvalue weighted by Gasteiger charge is -2.32. The number of carbonyl (C=O) groups is 1. The number of likely N-dealkylation sites (N-methyl/N-ethyl adjacent to an activating group) is 1. The summed E-state index contributed by atoms with van der Waals surface area (Å²) in [6.45, 7) is 5.52. The van der Waals surface area contributed by atoms with Gasteiger partial charge < -0.3 is 15.1 Å². The number of hydrogen-bond acceptors (Lipinski definition) is 4. The smallest absolute Gasteiger partial charge is 0.257 e. The third kappa shape index (κ3) is 2.71. The molecule has 2 aliphatic heterocycles. The average Bonchev–Trinajstić information content (AvgIpc) is 2.97. The topological polar surface area (TPSA) is 64.3 Å². The summed E-state index contributed by atoms with van der Waals surface area (Å²) in [7, 11) is 2.10. The average molecular weight is 277 g/mol. The molecule has 0 aliphatic carbocycles. The van der Waals surface area contributed by atoms with Gasteiger partial charge in [-0.2, -0.15) is 5.10 Å². The van der Waals surface area contributed by atoms with E-state index in [4.69, 9.17) is 0 Å². The number of rotatable bonds is 2. The predicted molar refractivity (Wildman–Crippen MR) is 76.8 cm³/mol. The maximum absolute atomic E-state index is 12.7. The van der Waals surface area contributed by atoms with Gasteiger partial charge in [-0.3, -0.25) is 9.89 Å². The van der Waals surface area contributed by atoms with Crippen LogP contribution in [0.15, 0.2) is 6.20 Å². The predicted octanol–water partition coefficient (Wildman–Crippen LogP) is 0.264. The molecule has 6 nitrogen and oxygen atoms in total. The SMILES string of the molecule is CN1CCN(C(=O)c2cn[nH]c2C2CCCNC2)CC1. The van der Waals surface area contributed by atoms with Gasteiger partial charge >= 0.3 is 0 Å². The van der Waals surface area contributed by atoms with Crippen LogP contribution < -0.4 is 5.32 Å². The molecule has 1 aromatic rings. The van der Waals surface area contributed by atoms with Crippen LogP contribution in [-0.4, -0.2) is 72.2 Å². The standard InChI is InChI=1S/C14H23N5O/c1-18-5-7-19(8-6-18)14(20)12-10-16-17-13(12)11-3-2-4-15-9-11/h10-11,15H,2-9H2,1H3,(H,16,17). The van der Waals surface area contributed by atoms with E-state index < -0.39 is 0 Å². The first kappa shape index (κ1) is 13.6. The van der Waals surface area contributed by atoms with Crippen LogP contribution in [0.25, 0.3) is 0 Å². The van der Waals surface area contributed by atoms with Crippen molar-refractivity contribution in [3.05, 3.63) is 17.5 Å². The Morgan fingerprint density at radius 2 is 2.15 bits per heavy atom. The molecule has 110 valence electrons. The fourth-order valence-corrected chi connectivity index (χ4v) is 3.06. The van der Waals surface area contributed by atoms with Gasteiger partial charge in [0.05, 0.1) is 17.5 Å². The first-order chi connectivity index (χ1) is 9.75. The third-order valence-corrected chi connectivity index (χ3v) is 4.39. The monoisotopic (exact) mass is 277 g/mol. The molecule has 2 aliphatic rings. The number of aromatic amines is 1. The minimum Gasteiger partial charge on any atom is -0.336 e. The van der Waals surface area contributed by atoms with Crippen molar-refractivity contribution in [3.8, 4) is 0 Å². The Labute approximate surface area is 119 Å². The van der Waals surface area contributed by atoms with Gasteiger partial charge in [-0.25, -0.2) is 0 Å². The molecule has 1 atom stereocenters. The fraction of sp³-hybridized carbons (Fsp3) is 0.714. The van der Waals surface area contributed by atoms with Crippen LogP contribution in [0.4, 0.5) is 0 Å². The molecule has 2 fully saturated rings.